The van der Waals surface area contributed by atoms with Gasteiger partial charge in [-0.15, -0.1) is 11.3 Å². The minimum absolute atomic E-state index is 0.0878. The van der Waals surface area contributed by atoms with Gasteiger partial charge in [-0.3, -0.25) is 4.79 Å². The van der Waals surface area contributed by atoms with Gasteiger partial charge in [0.05, 0.1) is 12.1 Å². The van der Waals surface area contributed by atoms with Crippen LogP contribution >= 0.6 is 11.3 Å². The van der Waals surface area contributed by atoms with E-state index in [0.29, 0.717) is 30.6 Å². The maximum absolute atomic E-state index is 11.8. The first-order valence-electron chi connectivity index (χ1n) is 6.56. The third kappa shape index (κ3) is 3.43. The Morgan fingerprint density at radius 1 is 1.33 bits per heavy atom. The number of nitrogens with one attached hydrogen (secondary N) is 1. The molecule has 0 spiro atoms. The Hall–Kier alpha value is -2.28. The number of hydrogen-bond acceptors (Lipinski definition) is 6. The van der Waals surface area contributed by atoms with Crippen LogP contribution in [0.2, 0.25) is 0 Å². The van der Waals surface area contributed by atoms with E-state index in [-0.39, 0.29) is 12.3 Å². The lowest BCUT2D eigenvalue weighted by atomic mass is 10.2. The second-order valence-corrected chi connectivity index (χ2v) is 5.50. The highest BCUT2D eigenvalue weighted by molar-refractivity contribution is 7.13. The van der Waals surface area contributed by atoms with Crippen molar-refractivity contribution < 1.29 is 14.3 Å². The number of ether oxygens (including phenoxy) is 2. The van der Waals surface area contributed by atoms with Crippen LogP contribution in [-0.4, -0.2) is 24.1 Å². The first-order chi connectivity index (χ1) is 10.2. The zero-order valence-electron chi connectivity index (χ0n) is 11.3. The Balaban J connectivity index is 1.56. The summed E-state index contributed by atoms with van der Waals surface area (Å²) in [6.45, 7) is 1.56. The van der Waals surface area contributed by atoms with Gasteiger partial charge in [0.15, 0.2) is 16.6 Å². The number of hydrogen-bond donors (Lipinski definition) is 2. The van der Waals surface area contributed by atoms with Gasteiger partial charge in [0, 0.05) is 11.9 Å². The number of carbonyl (C=O) groups is 1. The van der Waals surface area contributed by atoms with Gasteiger partial charge in [-0.2, -0.15) is 0 Å². The second-order valence-electron chi connectivity index (χ2n) is 4.61. The highest BCUT2D eigenvalue weighted by Crippen LogP contribution is 2.30. The molecule has 0 saturated heterocycles. The summed E-state index contributed by atoms with van der Waals surface area (Å²) >= 11 is 1.33. The smallest absolute Gasteiger partial charge is 0.226 e. The van der Waals surface area contributed by atoms with Crippen molar-refractivity contribution in [3.8, 4) is 11.5 Å². The number of amides is 1. The van der Waals surface area contributed by atoms with Crippen molar-refractivity contribution in [1.29, 1.82) is 0 Å². The third-order valence-corrected chi connectivity index (χ3v) is 3.73. The maximum atomic E-state index is 11.8. The molecule has 1 amide bonds. The van der Waals surface area contributed by atoms with Crippen LogP contribution in [0.5, 0.6) is 11.5 Å². The maximum Gasteiger partial charge on any atom is 0.226 e. The van der Waals surface area contributed by atoms with Crippen molar-refractivity contribution in [2.45, 2.75) is 13.0 Å². The molecule has 7 heteroatoms. The fourth-order valence-corrected chi connectivity index (χ4v) is 2.59. The number of aromatic nitrogens is 1. The predicted octanol–water partition coefficient (Wildman–Crippen LogP) is 1.36. The van der Waals surface area contributed by atoms with Gasteiger partial charge in [0.25, 0.3) is 0 Å². The number of benzene rings is 1. The van der Waals surface area contributed by atoms with Crippen LogP contribution in [0.15, 0.2) is 23.6 Å². The molecule has 1 aliphatic heterocycles. The van der Waals surface area contributed by atoms with E-state index in [1.165, 1.54) is 11.3 Å². The van der Waals surface area contributed by atoms with E-state index in [1.807, 2.05) is 18.2 Å². The first kappa shape index (κ1) is 13.7. The van der Waals surface area contributed by atoms with E-state index >= 15 is 0 Å². The third-order valence-electron chi connectivity index (χ3n) is 3.01. The van der Waals surface area contributed by atoms with Crippen molar-refractivity contribution in [1.82, 2.24) is 10.3 Å². The number of rotatable bonds is 4. The lowest BCUT2D eigenvalue weighted by Gasteiger charge is -2.18. The molecule has 0 radical (unpaired) electrons. The van der Waals surface area contributed by atoms with Crippen LogP contribution in [0, 0.1) is 0 Å². The van der Waals surface area contributed by atoms with E-state index in [1.54, 1.807) is 5.38 Å². The topological polar surface area (TPSA) is 86.5 Å². The molecule has 2 heterocycles. The zero-order valence-corrected chi connectivity index (χ0v) is 12.1. The van der Waals surface area contributed by atoms with E-state index in [2.05, 4.69) is 10.3 Å². The standard InChI is InChI=1S/C14H15N3O3S/c15-14-17-10(8-21-14)6-13(18)16-7-9-1-2-11-12(5-9)20-4-3-19-11/h1-2,5,8H,3-4,6-7H2,(H2,15,17)(H,16,18). The number of thiazole rings is 1. The Bertz CT molecular complexity index is 657. The van der Waals surface area contributed by atoms with Gasteiger partial charge in [0.1, 0.15) is 13.2 Å². The molecule has 0 fully saturated rings. The molecule has 110 valence electrons. The molecular weight excluding hydrogens is 290 g/mol. The van der Waals surface area contributed by atoms with E-state index < -0.39 is 0 Å². The summed E-state index contributed by atoms with van der Waals surface area (Å²) in [5.74, 6) is 1.38. The normalized spacial score (nSPS) is 13.0. The lowest BCUT2D eigenvalue weighted by Crippen LogP contribution is -2.25. The monoisotopic (exact) mass is 305 g/mol. The van der Waals surface area contributed by atoms with Crippen molar-refractivity contribution in [3.63, 3.8) is 0 Å². The summed E-state index contributed by atoms with van der Waals surface area (Å²) in [7, 11) is 0. The summed E-state index contributed by atoms with van der Waals surface area (Å²) in [5, 5.41) is 5.12. The van der Waals surface area contributed by atoms with Crippen molar-refractivity contribution in [2.75, 3.05) is 18.9 Å². The van der Waals surface area contributed by atoms with E-state index in [4.69, 9.17) is 15.2 Å². The number of anilines is 1. The molecule has 0 bridgehead atoms. The second kappa shape index (κ2) is 6.01. The van der Waals surface area contributed by atoms with E-state index in [9.17, 15) is 4.79 Å². The van der Waals surface area contributed by atoms with Crippen molar-refractivity contribution in [2.24, 2.45) is 0 Å². The number of nitrogens with zero attached hydrogens (tertiary/aromatic N) is 1. The summed E-state index contributed by atoms with van der Waals surface area (Å²) in [6, 6.07) is 5.65. The molecule has 6 nitrogen and oxygen atoms in total. The van der Waals surface area contributed by atoms with Crippen LogP contribution in [-0.2, 0) is 17.8 Å². The Kier molecular flexibility index (Phi) is 3.92. The van der Waals surface area contributed by atoms with Gasteiger partial charge in [-0.25, -0.2) is 4.98 Å². The minimum Gasteiger partial charge on any atom is -0.486 e. The van der Waals surface area contributed by atoms with Crippen molar-refractivity contribution in [3.05, 3.63) is 34.8 Å². The number of nitrogens with two attached hydrogens (primary N) is 1. The van der Waals surface area contributed by atoms with Gasteiger partial charge in [-0.05, 0) is 17.7 Å². The number of nitrogen functional groups attached to an aromatic ring is 1. The van der Waals surface area contributed by atoms with Crippen molar-refractivity contribution >= 4 is 22.4 Å². The molecule has 21 heavy (non-hydrogen) atoms. The van der Waals surface area contributed by atoms with Crippen LogP contribution in [0.25, 0.3) is 0 Å². The quantitative estimate of drug-likeness (QED) is 0.890. The molecule has 0 atom stereocenters. The average Bonchev–Trinajstić information content (AvgIpc) is 2.90. The predicted molar refractivity (Wildman–Crippen MR) is 79.5 cm³/mol. The van der Waals surface area contributed by atoms with Gasteiger partial charge in [-0.1, -0.05) is 6.07 Å². The van der Waals surface area contributed by atoms with Crippen LogP contribution < -0.4 is 20.5 Å². The molecule has 0 unspecified atom stereocenters. The highest BCUT2D eigenvalue weighted by Gasteiger charge is 2.12. The molecule has 1 aliphatic rings. The fourth-order valence-electron chi connectivity index (χ4n) is 2.03. The molecule has 2 aromatic rings. The molecule has 1 aromatic carbocycles. The average molecular weight is 305 g/mol. The Morgan fingerprint density at radius 2 is 2.14 bits per heavy atom. The number of fused-ring (bicyclic) bond motifs is 1. The zero-order chi connectivity index (χ0) is 14.7. The van der Waals surface area contributed by atoms with Crippen LogP contribution in [0.3, 0.4) is 0 Å². The molecule has 1 aromatic heterocycles. The van der Waals surface area contributed by atoms with Gasteiger partial charge >= 0.3 is 0 Å². The summed E-state index contributed by atoms with van der Waals surface area (Å²) in [6.07, 6.45) is 0.234. The van der Waals surface area contributed by atoms with Gasteiger partial charge in [0.2, 0.25) is 5.91 Å². The SMILES string of the molecule is Nc1nc(CC(=O)NCc2ccc3c(c2)OCCO3)cs1. The minimum atomic E-state index is -0.0878. The van der Waals surface area contributed by atoms with Crippen LogP contribution in [0.4, 0.5) is 5.13 Å². The molecule has 0 saturated carbocycles. The Morgan fingerprint density at radius 3 is 2.90 bits per heavy atom. The first-order valence-corrected chi connectivity index (χ1v) is 7.44. The van der Waals surface area contributed by atoms with E-state index in [0.717, 1.165) is 17.1 Å². The van der Waals surface area contributed by atoms with Crippen LogP contribution in [0.1, 0.15) is 11.3 Å². The Labute approximate surface area is 125 Å². The molecular formula is C14H15N3O3S. The molecule has 3 rings (SSSR count). The number of carbonyl (C=O) groups excluding carboxylic acids is 1. The summed E-state index contributed by atoms with van der Waals surface area (Å²) in [4.78, 5) is 15.9. The summed E-state index contributed by atoms with van der Waals surface area (Å²) in [5.41, 5.74) is 7.19. The lowest BCUT2D eigenvalue weighted by molar-refractivity contribution is -0.120. The molecule has 0 aliphatic carbocycles. The highest BCUT2D eigenvalue weighted by atomic mass is 32.1. The molecule has 3 N–H and O–H groups in total. The fraction of sp³-hybridized carbons (Fsp3) is 0.286. The van der Waals surface area contributed by atoms with Gasteiger partial charge < -0.3 is 20.5 Å². The largest absolute Gasteiger partial charge is 0.486 e. The summed E-state index contributed by atoms with van der Waals surface area (Å²) < 4.78 is 11.0.